The third-order valence-electron chi connectivity index (χ3n) is 5.34. The van der Waals surface area contributed by atoms with Gasteiger partial charge in [-0.3, -0.25) is 0 Å². The molecular weight excluding hydrogens is 296 g/mol. The van der Waals surface area contributed by atoms with E-state index in [2.05, 4.69) is 45.1 Å². The van der Waals surface area contributed by atoms with Crippen molar-refractivity contribution in [2.24, 2.45) is 0 Å². The van der Waals surface area contributed by atoms with Crippen molar-refractivity contribution in [1.29, 1.82) is 0 Å². The van der Waals surface area contributed by atoms with Crippen LogP contribution in [0, 0.1) is 0 Å². The van der Waals surface area contributed by atoms with Crippen molar-refractivity contribution in [1.82, 2.24) is 5.32 Å². The van der Waals surface area contributed by atoms with E-state index >= 15 is 0 Å². The second-order valence-corrected chi connectivity index (χ2v) is 7.80. The van der Waals surface area contributed by atoms with E-state index < -0.39 is 0 Å². The van der Waals surface area contributed by atoms with Gasteiger partial charge in [0, 0.05) is 10.5 Å². The molecule has 0 unspecified atom stereocenters. The Morgan fingerprint density at radius 3 is 2.27 bits per heavy atom. The molecule has 2 aliphatic heterocycles. The molecule has 0 bridgehead atoms. The summed E-state index contributed by atoms with van der Waals surface area (Å²) in [5.74, 6) is 0.597. The third-order valence-corrected chi connectivity index (χ3v) is 5.68. The number of hydrogen-bond acceptors (Lipinski definition) is 3. The molecule has 1 N–H and O–H groups in total. The first-order valence-corrected chi connectivity index (χ1v) is 8.54. The molecule has 0 saturated carbocycles. The highest BCUT2D eigenvalue weighted by atomic mass is 35.5. The van der Waals surface area contributed by atoms with Crippen LogP contribution < -0.4 is 10.8 Å². The van der Waals surface area contributed by atoms with Crippen LogP contribution in [0.5, 0.6) is 0 Å². The first-order chi connectivity index (χ1) is 10.3. The van der Waals surface area contributed by atoms with Crippen LogP contribution in [0.2, 0.25) is 5.02 Å². The van der Waals surface area contributed by atoms with Gasteiger partial charge in [0.05, 0.1) is 11.2 Å². The zero-order valence-electron chi connectivity index (χ0n) is 13.9. The van der Waals surface area contributed by atoms with Gasteiger partial charge in [0.2, 0.25) is 0 Å². The molecule has 0 spiro atoms. The Hall–Kier alpha value is -0.545. The summed E-state index contributed by atoms with van der Waals surface area (Å²) in [7, 11) is -0.390. The second kappa shape index (κ2) is 5.83. The number of hydrogen-bond donors (Lipinski definition) is 1. The van der Waals surface area contributed by atoms with Crippen LogP contribution in [-0.2, 0) is 9.31 Å². The molecular formula is C17H25BClNO2. The average Bonchev–Trinajstić information content (AvgIpc) is 2.69. The van der Waals surface area contributed by atoms with E-state index in [1.807, 2.05) is 6.07 Å². The van der Waals surface area contributed by atoms with Crippen molar-refractivity contribution < 1.29 is 9.31 Å². The van der Waals surface area contributed by atoms with E-state index in [-0.39, 0.29) is 18.3 Å². The van der Waals surface area contributed by atoms with E-state index in [0.29, 0.717) is 5.92 Å². The molecule has 3 rings (SSSR count). The quantitative estimate of drug-likeness (QED) is 0.849. The van der Waals surface area contributed by atoms with Gasteiger partial charge >= 0.3 is 7.12 Å². The molecule has 22 heavy (non-hydrogen) atoms. The standard InChI is InChI=1S/C17H25BClNO2/c1-16(2)17(3,4)22-18(21-16)14-11-13(5-6-15(14)19)12-7-9-20-10-8-12/h5-6,11-12,20H,7-10H2,1-4H3. The molecule has 0 radical (unpaired) electrons. The van der Waals surface area contributed by atoms with Gasteiger partial charge < -0.3 is 14.6 Å². The monoisotopic (exact) mass is 321 g/mol. The van der Waals surface area contributed by atoms with Gasteiger partial charge in [0.15, 0.2) is 0 Å². The van der Waals surface area contributed by atoms with Crippen LogP contribution >= 0.6 is 11.6 Å². The van der Waals surface area contributed by atoms with E-state index in [1.165, 1.54) is 18.4 Å². The van der Waals surface area contributed by atoms with Gasteiger partial charge in [0.25, 0.3) is 0 Å². The summed E-state index contributed by atoms with van der Waals surface area (Å²) in [6, 6.07) is 6.31. The molecule has 2 saturated heterocycles. The van der Waals surface area contributed by atoms with E-state index in [9.17, 15) is 0 Å². The van der Waals surface area contributed by atoms with Gasteiger partial charge in [0.1, 0.15) is 0 Å². The molecule has 0 atom stereocenters. The Morgan fingerprint density at radius 1 is 1.09 bits per heavy atom. The summed E-state index contributed by atoms with van der Waals surface area (Å²) in [5.41, 5.74) is 1.62. The molecule has 5 heteroatoms. The second-order valence-electron chi connectivity index (χ2n) is 7.39. The van der Waals surface area contributed by atoms with Gasteiger partial charge in [-0.05, 0) is 71.2 Å². The predicted molar refractivity (Wildman–Crippen MR) is 92.0 cm³/mol. The lowest BCUT2D eigenvalue weighted by atomic mass is 9.76. The largest absolute Gasteiger partial charge is 0.496 e. The number of benzene rings is 1. The Kier molecular flexibility index (Phi) is 4.32. The van der Waals surface area contributed by atoms with Gasteiger partial charge in [-0.15, -0.1) is 0 Å². The minimum Gasteiger partial charge on any atom is -0.399 e. The summed E-state index contributed by atoms with van der Waals surface area (Å²) < 4.78 is 12.3. The highest BCUT2D eigenvalue weighted by Gasteiger charge is 2.52. The first-order valence-electron chi connectivity index (χ1n) is 8.16. The maximum absolute atomic E-state index is 6.43. The molecule has 1 aromatic rings. The molecule has 0 amide bonds. The molecule has 0 aromatic heterocycles. The lowest BCUT2D eigenvalue weighted by molar-refractivity contribution is 0.00578. The molecule has 2 fully saturated rings. The number of halogens is 1. The van der Waals surface area contributed by atoms with Crippen molar-refractivity contribution >= 4 is 24.2 Å². The lowest BCUT2D eigenvalue weighted by Gasteiger charge is -2.32. The van der Waals surface area contributed by atoms with E-state index in [4.69, 9.17) is 20.9 Å². The third kappa shape index (κ3) is 2.94. The van der Waals surface area contributed by atoms with E-state index in [0.717, 1.165) is 23.6 Å². The predicted octanol–water partition coefficient (Wildman–Crippen LogP) is 3.11. The number of rotatable bonds is 2. The summed E-state index contributed by atoms with van der Waals surface area (Å²) in [5, 5.41) is 4.13. The van der Waals surface area contributed by atoms with Crippen molar-refractivity contribution in [2.75, 3.05) is 13.1 Å². The first kappa shape index (κ1) is 16.3. The minimum absolute atomic E-state index is 0.342. The molecule has 2 heterocycles. The SMILES string of the molecule is CC1(C)OB(c2cc(C3CCNCC3)ccc2Cl)OC1(C)C. The lowest BCUT2D eigenvalue weighted by Crippen LogP contribution is -2.41. The molecule has 0 aliphatic carbocycles. The molecule has 2 aliphatic rings. The van der Waals surface area contributed by atoms with Crippen molar-refractivity contribution in [2.45, 2.75) is 57.7 Å². The number of nitrogens with one attached hydrogen (secondary N) is 1. The fourth-order valence-corrected chi connectivity index (χ4v) is 3.33. The Balaban J connectivity index is 1.88. The zero-order valence-corrected chi connectivity index (χ0v) is 14.7. The fraction of sp³-hybridized carbons (Fsp3) is 0.647. The van der Waals surface area contributed by atoms with Crippen LogP contribution in [-0.4, -0.2) is 31.4 Å². The van der Waals surface area contributed by atoms with Gasteiger partial charge in [-0.1, -0.05) is 23.7 Å². The smallest absolute Gasteiger partial charge is 0.399 e. The Labute approximate surface area is 138 Å². The van der Waals surface area contributed by atoms with Crippen molar-refractivity contribution in [3.63, 3.8) is 0 Å². The van der Waals surface area contributed by atoms with Gasteiger partial charge in [-0.25, -0.2) is 0 Å². The van der Waals surface area contributed by atoms with Crippen LogP contribution in [0.4, 0.5) is 0 Å². The normalized spacial score (nSPS) is 24.7. The molecule has 3 nitrogen and oxygen atoms in total. The summed E-state index contributed by atoms with van der Waals surface area (Å²) in [6.45, 7) is 10.4. The maximum atomic E-state index is 6.43. The highest BCUT2D eigenvalue weighted by molar-refractivity contribution is 6.65. The molecule has 120 valence electrons. The summed E-state index contributed by atoms with van der Waals surface area (Å²) in [4.78, 5) is 0. The van der Waals surface area contributed by atoms with Crippen molar-refractivity contribution in [3.8, 4) is 0 Å². The topological polar surface area (TPSA) is 30.5 Å². The molecule has 1 aromatic carbocycles. The van der Waals surface area contributed by atoms with Crippen LogP contribution in [0.3, 0.4) is 0 Å². The number of piperidine rings is 1. The van der Waals surface area contributed by atoms with E-state index in [1.54, 1.807) is 0 Å². The summed E-state index contributed by atoms with van der Waals surface area (Å²) in [6.07, 6.45) is 2.34. The average molecular weight is 322 g/mol. The van der Waals surface area contributed by atoms with Crippen LogP contribution in [0.1, 0.15) is 52.0 Å². The van der Waals surface area contributed by atoms with Crippen molar-refractivity contribution in [3.05, 3.63) is 28.8 Å². The Morgan fingerprint density at radius 2 is 1.68 bits per heavy atom. The van der Waals surface area contributed by atoms with Crippen LogP contribution in [0.25, 0.3) is 0 Å². The fourth-order valence-electron chi connectivity index (χ4n) is 3.12. The van der Waals surface area contributed by atoms with Gasteiger partial charge in [-0.2, -0.15) is 0 Å². The Bertz CT molecular complexity index is 540. The highest BCUT2D eigenvalue weighted by Crippen LogP contribution is 2.37. The zero-order chi connectivity index (χ0) is 16.0. The maximum Gasteiger partial charge on any atom is 0.496 e. The minimum atomic E-state index is -0.390. The summed E-state index contributed by atoms with van der Waals surface area (Å²) >= 11 is 6.43. The van der Waals surface area contributed by atoms with Crippen LogP contribution in [0.15, 0.2) is 18.2 Å².